The van der Waals surface area contributed by atoms with E-state index in [0.29, 0.717) is 34.1 Å². The number of pyridine rings is 1. The summed E-state index contributed by atoms with van der Waals surface area (Å²) >= 11 is 1.41. The van der Waals surface area contributed by atoms with Crippen LogP contribution < -0.4 is 24.6 Å². The lowest BCUT2D eigenvalue weighted by Crippen LogP contribution is -2.40. The molecule has 38 heavy (non-hydrogen) atoms. The van der Waals surface area contributed by atoms with Crippen LogP contribution in [-0.2, 0) is 0 Å². The molecular formula is C27H35F2N5O3S. The number of methoxy groups -OCH3 is 1. The highest BCUT2D eigenvalue weighted by Gasteiger charge is 2.44. The molecule has 8 nitrogen and oxygen atoms in total. The molecule has 1 aliphatic carbocycles. The van der Waals surface area contributed by atoms with Crippen LogP contribution >= 0.6 is 11.9 Å². The summed E-state index contributed by atoms with van der Waals surface area (Å²) < 4.78 is 36.1. The normalized spacial score (nSPS) is 19.8. The lowest BCUT2D eigenvalue weighted by molar-refractivity contribution is -0.0222. The van der Waals surface area contributed by atoms with Crippen molar-refractivity contribution in [3.05, 3.63) is 35.9 Å². The van der Waals surface area contributed by atoms with E-state index in [2.05, 4.69) is 19.9 Å². The van der Waals surface area contributed by atoms with Gasteiger partial charge in [0.15, 0.2) is 11.6 Å². The second-order valence-corrected chi connectivity index (χ2v) is 11.3. The van der Waals surface area contributed by atoms with Crippen molar-refractivity contribution in [3.63, 3.8) is 0 Å². The molecule has 3 aliphatic rings. The number of aliphatic hydroxyl groups excluding tert-OH is 1. The number of carbonyl (C=O) groups is 1. The quantitative estimate of drug-likeness (QED) is 0.298. The van der Waals surface area contributed by atoms with E-state index >= 15 is 0 Å². The van der Waals surface area contributed by atoms with E-state index in [9.17, 15) is 13.6 Å². The zero-order chi connectivity index (χ0) is 26.8. The predicted molar refractivity (Wildman–Crippen MR) is 148 cm³/mol. The lowest BCUT2D eigenvalue weighted by Gasteiger charge is -2.35. The topological polar surface area (TPSA) is 90.0 Å². The summed E-state index contributed by atoms with van der Waals surface area (Å²) in [6.07, 6.45) is 4.37. The number of alkyl halides is 2. The number of hydrogen-bond donors (Lipinski definition) is 3. The van der Waals surface area contributed by atoms with Gasteiger partial charge in [0.05, 0.1) is 25.0 Å². The standard InChI is InChI=1S/C27H35F2N5O3S/c1-37-22-4-5-23(30-24(22)34-14-10-27(28,29)11-15-34)31-25(36)20-3-2-19(32-38-17-16-35)18-21(20)33-12-8-26(6-7-26)9-13-33/h2-5,18,32,35H,6-17H2,1H3,(H,30,31,36). The fourth-order valence-corrected chi connectivity index (χ4v) is 5.73. The second kappa shape index (κ2) is 11.1. The van der Waals surface area contributed by atoms with E-state index in [4.69, 9.17) is 9.84 Å². The highest BCUT2D eigenvalue weighted by atomic mass is 32.2. The third kappa shape index (κ3) is 6.09. The minimum atomic E-state index is -2.67. The molecule has 3 N–H and O–H groups in total. The Morgan fingerprint density at radius 1 is 1.05 bits per heavy atom. The number of amides is 1. The summed E-state index contributed by atoms with van der Waals surface area (Å²) in [5, 5.41) is 12.0. The molecule has 1 amide bonds. The molecule has 11 heteroatoms. The monoisotopic (exact) mass is 547 g/mol. The van der Waals surface area contributed by atoms with Gasteiger partial charge in [0.2, 0.25) is 0 Å². The summed E-state index contributed by atoms with van der Waals surface area (Å²) in [5.41, 5.74) is 2.78. The maximum absolute atomic E-state index is 13.7. The van der Waals surface area contributed by atoms with Crippen LogP contribution in [0, 0.1) is 5.41 Å². The Morgan fingerprint density at radius 3 is 2.42 bits per heavy atom. The van der Waals surface area contributed by atoms with Gasteiger partial charge in [0.1, 0.15) is 5.82 Å². The van der Waals surface area contributed by atoms with Crippen LogP contribution in [0.1, 0.15) is 48.9 Å². The fourth-order valence-electron chi connectivity index (χ4n) is 5.25. The molecule has 5 rings (SSSR count). The highest BCUT2D eigenvalue weighted by molar-refractivity contribution is 8.00. The Kier molecular flexibility index (Phi) is 7.85. The molecule has 3 heterocycles. The summed E-state index contributed by atoms with van der Waals surface area (Å²) in [6.45, 7) is 2.21. The van der Waals surface area contributed by atoms with Gasteiger partial charge in [-0.2, -0.15) is 0 Å². The number of benzene rings is 1. The van der Waals surface area contributed by atoms with Crippen molar-refractivity contribution >= 4 is 40.9 Å². The van der Waals surface area contributed by atoms with Crippen molar-refractivity contribution in [2.75, 3.05) is 65.5 Å². The SMILES string of the molecule is COc1ccc(NC(=O)c2ccc(NSCCO)cc2N2CCC3(CC2)CC3)nc1N1CCC(F)(F)CC1. The maximum Gasteiger partial charge on any atom is 0.258 e. The molecule has 1 saturated carbocycles. The molecule has 1 aromatic carbocycles. The van der Waals surface area contributed by atoms with E-state index in [0.717, 1.165) is 37.3 Å². The number of aliphatic hydroxyl groups is 1. The number of halogens is 2. The smallest absolute Gasteiger partial charge is 0.258 e. The maximum atomic E-state index is 13.7. The first-order valence-electron chi connectivity index (χ1n) is 13.2. The van der Waals surface area contributed by atoms with Crippen LogP contribution in [0.15, 0.2) is 30.3 Å². The molecular weight excluding hydrogens is 512 g/mol. The van der Waals surface area contributed by atoms with Crippen LogP contribution in [0.5, 0.6) is 5.75 Å². The van der Waals surface area contributed by atoms with Gasteiger partial charge >= 0.3 is 0 Å². The molecule has 2 aliphatic heterocycles. The van der Waals surface area contributed by atoms with Crippen LogP contribution in [0.4, 0.5) is 31.8 Å². The molecule has 0 radical (unpaired) electrons. The van der Waals surface area contributed by atoms with Crippen molar-refractivity contribution in [3.8, 4) is 5.75 Å². The van der Waals surface area contributed by atoms with Crippen molar-refractivity contribution in [2.45, 2.75) is 44.4 Å². The number of rotatable bonds is 9. The van der Waals surface area contributed by atoms with Crippen molar-refractivity contribution in [1.82, 2.24) is 4.98 Å². The van der Waals surface area contributed by atoms with Gasteiger partial charge in [0, 0.05) is 50.5 Å². The zero-order valence-electron chi connectivity index (χ0n) is 21.6. The number of nitrogens with zero attached hydrogens (tertiary/aromatic N) is 3. The Balaban J connectivity index is 1.36. The molecule has 3 fully saturated rings. The number of piperidine rings is 2. The van der Waals surface area contributed by atoms with Gasteiger partial charge in [-0.05, 0) is 61.4 Å². The Bertz CT molecular complexity index is 1140. The average molecular weight is 548 g/mol. The van der Waals surface area contributed by atoms with Gasteiger partial charge in [-0.15, -0.1) is 0 Å². The third-order valence-electron chi connectivity index (χ3n) is 7.84. The highest BCUT2D eigenvalue weighted by Crippen LogP contribution is 2.54. The van der Waals surface area contributed by atoms with Crippen LogP contribution in [-0.4, -0.2) is 67.6 Å². The Morgan fingerprint density at radius 2 is 1.76 bits per heavy atom. The van der Waals surface area contributed by atoms with E-state index in [-0.39, 0.29) is 38.4 Å². The first-order valence-corrected chi connectivity index (χ1v) is 14.2. The van der Waals surface area contributed by atoms with E-state index in [1.807, 2.05) is 18.2 Å². The van der Waals surface area contributed by atoms with E-state index in [1.54, 1.807) is 17.0 Å². The molecule has 0 unspecified atom stereocenters. The minimum absolute atomic E-state index is 0.0793. The summed E-state index contributed by atoms with van der Waals surface area (Å²) in [4.78, 5) is 22.2. The van der Waals surface area contributed by atoms with Crippen LogP contribution in [0.3, 0.4) is 0 Å². The first kappa shape index (κ1) is 26.8. The number of anilines is 4. The van der Waals surface area contributed by atoms with Gasteiger partial charge in [-0.3, -0.25) is 4.79 Å². The molecule has 2 aromatic rings. The molecule has 0 bridgehead atoms. The summed E-state index contributed by atoms with van der Waals surface area (Å²) in [6, 6.07) is 9.03. The number of nitrogens with one attached hydrogen (secondary N) is 2. The molecule has 1 aromatic heterocycles. The van der Waals surface area contributed by atoms with Gasteiger partial charge in [-0.25, -0.2) is 13.8 Å². The molecule has 0 atom stereocenters. The van der Waals surface area contributed by atoms with E-state index < -0.39 is 5.92 Å². The van der Waals surface area contributed by atoms with Crippen molar-refractivity contribution in [2.24, 2.45) is 5.41 Å². The van der Waals surface area contributed by atoms with Crippen LogP contribution in [0.25, 0.3) is 0 Å². The molecule has 1 spiro atoms. The van der Waals surface area contributed by atoms with Crippen LogP contribution in [0.2, 0.25) is 0 Å². The predicted octanol–water partition coefficient (Wildman–Crippen LogP) is 5.01. The summed E-state index contributed by atoms with van der Waals surface area (Å²) in [5.74, 6) is -1.12. The third-order valence-corrected chi connectivity index (χ3v) is 8.61. The van der Waals surface area contributed by atoms with Gasteiger partial charge < -0.3 is 29.7 Å². The van der Waals surface area contributed by atoms with Gasteiger partial charge in [0.25, 0.3) is 11.8 Å². The van der Waals surface area contributed by atoms with Crippen molar-refractivity contribution in [1.29, 1.82) is 0 Å². The number of ether oxygens (including phenoxy) is 1. The van der Waals surface area contributed by atoms with Crippen molar-refractivity contribution < 1.29 is 23.4 Å². The minimum Gasteiger partial charge on any atom is -0.493 e. The zero-order valence-corrected chi connectivity index (χ0v) is 22.5. The molecule has 2 saturated heterocycles. The Hall–Kier alpha value is -2.79. The van der Waals surface area contributed by atoms with Gasteiger partial charge in [-0.1, -0.05) is 11.9 Å². The number of carbonyl (C=O) groups excluding carboxylic acids is 1. The van der Waals surface area contributed by atoms with E-state index in [1.165, 1.54) is 31.9 Å². The first-order chi connectivity index (χ1) is 18.3. The summed E-state index contributed by atoms with van der Waals surface area (Å²) in [7, 11) is 1.52. The fraction of sp³-hybridized carbons (Fsp3) is 0.556. The average Bonchev–Trinajstić information content (AvgIpc) is 3.67. The second-order valence-electron chi connectivity index (χ2n) is 10.4. The Labute approximate surface area is 226 Å². The number of aromatic nitrogens is 1. The molecule has 206 valence electrons. The largest absolute Gasteiger partial charge is 0.493 e. The number of hydrogen-bond acceptors (Lipinski definition) is 8. The lowest BCUT2D eigenvalue weighted by atomic mass is 9.93.